The van der Waals surface area contributed by atoms with Crippen LogP contribution in [0.3, 0.4) is 0 Å². The van der Waals surface area contributed by atoms with Crippen LogP contribution in [0.1, 0.15) is 79.6 Å². The summed E-state index contributed by atoms with van der Waals surface area (Å²) in [7, 11) is 0. The minimum atomic E-state index is -0.923. The molecule has 1 heterocycles. The number of hydrogen-bond acceptors (Lipinski definition) is 5. The van der Waals surface area contributed by atoms with Crippen LogP contribution in [0.15, 0.2) is 0 Å². The van der Waals surface area contributed by atoms with Crippen molar-refractivity contribution in [3.8, 4) is 0 Å². The lowest BCUT2D eigenvalue weighted by Crippen LogP contribution is -2.42. The fourth-order valence-electron chi connectivity index (χ4n) is 3.34. The third kappa shape index (κ3) is 7.24. The van der Waals surface area contributed by atoms with E-state index in [1.54, 1.807) is 13.8 Å². The largest absolute Gasteiger partial charge is 0.458 e. The Labute approximate surface area is 152 Å². The molecule has 0 amide bonds. The average molecular weight is 357 g/mol. The lowest BCUT2D eigenvalue weighted by atomic mass is 9.87. The number of carbonyl (C=O) groups is 1. The van der Waals surface area contributed by atoms with Crippen LogP contribution in [-0.4, -0.2) is 42.8 Å². The molecule has 0 spiro atoms. The minimum Gasteiger partial charge on any atom is -0.458 e. The number of hydrogen-bond donors (Lipinski definition) is 0. The van der Waals surface area contributed by atoms with Gasteiger partial charge in [0, 0.05) is 6.61 Å². The highest BCUT2D eigenvalue weighted by Gasteiger charge is 2.35. The van der Waals surface area contributed by atoms with Crippen LogP contribution in [0.2, 0.25) is 0 Å². The van der Waals surface area contributed by atoms with Crippen molar-refractivity contribution in [2.24, 2.45) is 5.92 Å². The van der Waals surface area contributed by atoms with Gasteiger partial charge in [0.15, 0.2) is 11.9 Å². The maximum Gasteiger partial charge on any atom is 0.338 e. The van der Waals surface area contributed by atoms with Gasteiger partial charge in [-0.15, -0.1) is 0 Å². The number of rotatable bonds is 6. The SMILES string of the molecule is CC(C)(C)OC(=O)C(C)(C)OCC1CCCC(OC2CCCCO2)C1. The van der Waals surface area contributed by atoms with E-state index < -0.39 is 11.2 Å². The second-order valence-electron chi connectivity index (χ2n) is 8.91. The molecule has 1 aliphatic carbocycles. The van der Waals surface area contributed by atoms with Crippen molar-refractivity contribution in [2.75, 3.05) is 13.2 Å². The Balaban J connectivity index is 1.76. The molecule has 3 atom stereocenters. The molecule has 3 unspecified atom stereocenters. The van der Waals surface area contributed by atoms with Crippen molar-refractivity contribution in [1.29, 1.82) is 0 Å². The molecular formula is C20H36O5. The van der Waals surface area contributed by atoms with Gasteiger partial charge in [0.1, 0.15) is 5.60 Å². The molecular weight excluding hydrogens is 320 g/mol. The van der Waals surface area contributed by atoms with E-state index >= 15 is 0 Å². The van der Waals surface area contributed by atoms with Crippen molar-refractivity contribution in [3.63, 3.8) is 0 Å². The zero-order chi connectivity index (χ0) is 18.5. The number of esters is 1. The van der Waals surface area contributed by atoms with Gasteiger partial charge in [-0.05, 0) is 79.1 Å². The summed E-state index contributed by atoms with van der Waals surface area (Å²) in [5, 5.41) is 0. The van der Waals surface area contributed by atoms with E-state index in [1.165, 1.54) is 6.42 Å². The van der Waals surface area contributed by atoms with E-state index in [0.29, 0.717) is 12.5 Å². The van der Waals surface area contributed by atoms with Gasteiger partial charge in [-0.3, -0.25) is 0 Å². The zero-order valence-corrected chi connectivity index (χ0v) is 16.6. The van der Waals surface area contributed by atoms with Gasteiger partial charge in [0.25, 0.3) is 0 Å². The van der Waals surface area contributed by atoms with E-state index in [1.807, 2.05) is 20.8 Å². The van der Waals surface area contributed by atoms with Crippen LogP contribution in [0, 0.1) is 5.92 Å². The first-order valence-corrected chi connectivity index (χ1v) is 9.80. The zero-order valence-electron chi connectivity index (χ0n) is 16.6. The standard InChI is InChI=1S/C20H36O5/c1-19(2,3)25-18(21)20(4,5)23-14-15-9-8-10-16(13-15)24-17-11-6-7-12-22-17/h15-17H,6-14H2,1-5H3. The summed E-state index contributed by atoms with van der Waals surface area (Å²) >= 11 is 0. The maximum absolute atomic E-state index is 12.3. The first-order valence-electron chi connectivity index (χ1n) is 9.80. The van der Waals surface area contributed by atoms with Crippen molar-refractivity contribution >= 4 is 5.97 Å². The molecule has 0 bridgehead atoms. The molecule has 5 heteroatoms. The van der Waals surface area contributed by atoms with Crippen molar-refractivity contribution in [2.45, 2.75) is 103 Å². The first kappa shape index (κ1) is 20.7. The van der Waals surface area contributed by atoms with Crippen LogP contribution >= 0.6 is 0 Å². The molecule has 2 rings (SSSR count). The fraction of sp³-hybridized carbons (Fsp3) is 0.950. The Morgan fingerprint density at radius 1 is 1.04 bits per heavy atom. The Morgan fingerprint density at radius 3 is 2.44 bits per heavy atom. The lowest BCUT2D eigenvalue weighted by molar-refractivity contribution is -0.199. The molecule has 25 heavy (non-hydrogen) atoms. The van der Waals surface area contributed by atoms with Crippen molar-refractivity contribution < 1.29 is 23.7 Å². The Kier molecular flexibility index (Phi) is 7.29. The molecule has 2 fully saturated rings. The molecule has 0 aromatic heterocycles. The molecule has 1 saturated carbocycles. The molecule has 1 saturated heterocycles. The van der Waals surface area contributed by atoms with Gasteiger partial charge in [-0.2, -0.15) is 0 Å². The molecule has 146 valence electrons. The normalized spacial score (nSPS) is 28.6. The van der Waals surface area contributed by atoms with Crippen LogP contribution in [0.4, 0.5) is 0 Å². The summed E-state index contributed by atoms with van der Waals surface area (Å²) in [4.78, 5) is 12.3. The summed E-state index contributed by atoms with van der Waals surface area (Å²) in [5.74, 6) is 0.114. The molecule has 2 aliphatic rings. The van der Waals surface area contributed by atoms with E-state index in [-0.39, 0.29) is 18.4 Å². The Morgan fingerprint density at radius 2 is 1.80 bits per heavy atom. The monoisotopic (exact) mass is 356 g/mol. The maximum atomic E-state index is 12.3. The third-order valence-corrected chi connectivity index (χ3v) is 4.79. The second-order valence-corrected chi connectivity index (χ2v) is 8.91. The molecule has 0 N–H and O–H groups in total. The van der Waals surface area contributed by atoms with Crippen LogP contribution in [0.25, 0.3) is 0 Å². The minimum absolute atomic E-state index is 0.0309. The first-order chi connectivity index (χ1) is 11.7. The third-order valence-electron chi connectivity index (χ3n) is 4.79. The highest BCUT2D eigenvalue weighted by molar-refractivity contribution is 5.78. The number of ether oxygens (including phenoxy) is 4. The van der Waals surface area contributed by atoms with Crippen LogP contribution in [0.5, 0.6) is 0 Å². The quantitative estimate of drug-likeness (QED) is 0.667. The van der Waals surface area contributed by atoms with Gasteiger partial charge >= 0.3 is 5.97 Å². The van der Waals surface area contributed by atoms with E-state index in [4.69, 9.17) is 18.9 Å². The lowest BCUT2D eigenvalue weighted by Gasteiger charge is -2.35. The molecule has 1 aliphatic heterocycles. The van der Waals surface area contributed by atoms with Gasteiger partial charge in [-0.1, -0.05) is 6.42 Å². The highest BCUT2D eigenvalue weighted by atomic mass is 16.7. The highest BCUT2D eigenvalue weighted by Crippen LogP contribution is 2.30. The molecule has 5 nitrogen and oxygen atoms in total. The summed E-state index contributed by atoms with van der Waals surface area (Å²) in [5.41, 5.74) is -1.42. The summed E-state index contributed by atoms with van der Waals surface area (Å²) in [6.07, 6.45) is 7.87. The van der Waals surface area contributed by atoms with Crippen molar-refractivity contribution in [3.05, 3.63) is 0 Å². The Bertz CT molecular complexity index is 420. The summed E-state index contributed by atoms with van der Waals surface area (Å²) < 4.78 is 23.2. The van der Waals surface area contributed by atoms with Gasteiger partial charge in [-0.25, -0.2) is 4.79 Å². The number of carbonyl (C=O) groups excluding carboxylic acids is 1. The Hall–Kier alpha value is -0.650. The van der Waals surface area contributed by atoms with E-state index in [2.05, 4.69) is 0 Å². The van der Waals surface area contributed by atoms with Crippen molar-refractivity contribution in [1.82, 2.24) is 0 Å². The smallest absolute Gasteiger partial charge is 0.338 e. The van der Waals surface area contributed by atoms with E-state index in [9.17, 15) is 4.79 Å². The summed E-state index contributed by atoms with van der Waals surface area (Å²) in [6, 6.07) is 0. The van der Waals surface area contributed by atoms with E-state index in [0.717, 1.165) is 45.1 Å². The van der Waals surface area contributed by atoms with Gasteiger partial charge in [0.2, 0.25) is 0 Å². The fourth-order valence-corrected chi connectivity index (χ4v) is 3.34. The van der Waals surface area contributed by atoms with Gasteiger partial charge in [0.05, 0.1) is 12.7 Å². The van der Waals surface area contributed by atoms with Crippen LogP contribution in [-0.2, 0) is 23.7 Å². The molecule has 0 aromatic carbocycles. The molecule has 0 aromatic rings. The predicted molar refractivity (Wildman–Crippen MR) is 96.3 cm³/mol. The second kappa shape index (κ2) is 8.83. The van der Waals surface area contributed by atoms with Crippen LogP contribution < -0.4 is 0 Å². The topological polar surface area (TPSA) is 54.0 Å². The average Bonchev–Trinajstić information content (AvgIpc) is 2.53. The van der Waals surface area contributed by atoms with Gasteiger partial charge < -0.3 is 18.9 Å². The summed E-state index contributed by atoms with van der Waals surface area (Å²) in [6.45, 7) is 10.6. The predicted octanol–water partition coefficient (Wildman–Crippen LogP) is 4.23. The molecule has 0 radical (unpaired) electrons.